The zero-order chi connectivity index (χ0) is 22.3. The van der Waals surface area contributed by atoms with Crippen molar-refractivity contribution in [1.29, 1.82) is 0 Å². The molecule has 1 aromatic carbocycles. The molecule has 3 aliphatic rings. The lowest BCUT2D eigenvalue weighted by atomic mass is 9.94. The standard InChI is InChI=1S/C23H33N3O4S/c1-16-8-11-24(12-9-16)23(28)19-5-4-10-25(15-19)31(29,30)21-6-7-22-20(14-21)13-17(2)26(22)18(3)27/h6-7,14,16-17,19H,4-5,8-13,15H2,1-3H3/t17-,19+/m1/s1. The zero-order valence-electron chi connectivity index (χ0n) is 18.7. The highest BCUT2D eigenvalue weighted by Gasteiger charge is 2.37. The fraction of sp³-hybridized carbons (Fsp3) is 0.652. The molecule has 4 rings (SSSR count). The summed E-state index contributed by atoms with van der Waals surface area (Å²) in [5, 5.41) is 0. The van der Waals surface area contributed by atoms with Gasteiger partial charge in [0.05, 0.1) is 10.8 Å². The minimum Gasteiger partial charge on any atom is -0.342 e. The first-order valence-corrected chi connectivity index (χ1v) is 12.8. The highest BCUT2D eigenvalue weighted by Crippen LogP contribution is 2.35. The van der Waals surface area contributed by atoms with Crippen LogP contribution in [0.3, 0.4) is 0 Å². The third kappa shape index (κ3) is 4.24. The summed E-state index contributed by atoms with van der Waals surface area (Å²) >= 11 is 0. The van der Waals surface area contributed by atoms with Gasteiger partial charge >= 0.3 is 0 Å². The number of hydrogen-bond acceptors (Lipinski definition) is 4. The minimum atomic E-state index is -3.69. The lowest BCUT2D eigenvalue weighted by molar-refractivity contribution is -0.138. The number of carbonyl (C=O) groups excluding carboxylic acids is 2. The summed E-state index contributed by atoms with van der Waals surface area (Å²) in [7, 11) is -3.69. The minimum absolute atomic E-state index is 0.0229. The Kier molecular flexibility index (Phi) is 6.14. The molecular weight excluding hydrogens is 414 g/mol. The number of sulfonamides is 1. The number of hydrogen-bond donors (Lipinski definition) is 0. The Labute approximate surface area is 185 Å². The van der Waals surface area contributed by atoms with Crippen molar-refractivity contribution in [2.24, 2.45) is 11.8 Å². The topological polar surface area (TPSA) is 78.0 Å². The van der Waals surface area contributed by atoms with Gasteiger partial charge in [-0.3, -0.25) is 9.59 Å². The molecule has 0 unspecified atom stereocenters. The van der Waals surface area contributed by atoms with E-state index < -0.39 is 10.0 Å². The molecule has 0 saturated carbocycles. The van der Waals surface area contributed by atoms with Crippen molar-refractivity contribution < 1.29 is 18.0 Å². The molecule has 8 heteroatoms. The third-order valence-electron chi connectivity index (χ3n) is 7.07. The second kappa shape index (κ2) is 8.54. The van der Waals surface area contributed by atoms with Crippen LogP contribution in [0.1, 0.15) is 52.0 Å². The maximum absolute atomic E-state index is 13.4. The Hall–Kier alpha value is -1.93. The van der Waals surface area contributed by atoms with Crippen molar-refractivity contribution in [2.45, 2.75) is 63.8 Å². The summed E-state index contributed by atoms with van der Waals surface area (Å²) in [6.45, 7) is 7.96. The van der Waals surface area contributed by atoms with E-state index in [0.717, 1.165) is 43.6 Å². The first-order chi connectivity index (χ1) is 14.7. The molecule has 2 fully saturated rings. The zero-order valence-corrected chi connectivity index (χ0v) is 19.5. The number of carbonyl (C=O) groups is 2. The van der Waals surface area contributed by atoms with E-state index in [0.29, 0.717) is 25.3 Å². The van der Waals surface area contributed by atoms with Gasteiger partial charge in [0.25, 0.3) is 0 Å². The number of likely N-dealkylation sites (tertiary alicyclic amines) is 1. The summed E-state index contributed by atoms with van der Waals surface area (Å²) in [6.07, 6.45) is 4.12. The van der Waals surface area contributed by atoms with Gasteiger partial charge in [0.1, 0.15) is 0 Å². The maximum Gasteiger partial charge on any atom is 0.243 e. The lowest BCUT2D eigenvalue weighted by Gasteiger charge is -2.37. The van der Waals surface area contributed by atoms with Crippen LogP contribution in [0.4, 0.5) is 5.69 Å². The van der Waals surface area contributed by atoms with E-state index in [-0.39, 0.29) is 35.2 Å². The second-order valence-corrected chi connectivity index (χ2v) is 11.4. The maximum atomic E-state index is 13.4. The Morgan fingerprint density at radius 3 is 2.42 bits per heavy atom. The number of piperidine rings is 2. The molecule has 7 nitrogen and oxygen atoms in total. The Morgan fingerprint density at radius 1 is 1.03 bits per heavy atom. The molecule has 31 heavy (non-hydrogen) atoms. The van der Waals surface area contributed by atoms with E-state index in [1.165, 1.54) is 11.2 Å². The molecule has 0 aromatic heterocycles. The van der Waals surface area contributed by atoms with Gasteiger partial charge < -0.3 is 9.80 Å². The van der Waals surface area contributed by atoms with Gasteiger partial charge in [-0.05, 0) is 68.7 Å². The van der Waals surface area contributed by atoms with E-state index in [4.69, 9.17) is 0 Å². The molecular formula is C23H33N3O4S. The third-order valence-corrected chi connectivity index (χ3v) is 8.93. The van der Waals surface area contributed by atoms with Gasteiger partial charge in [0.15, 0.2) is 0 Å². The van der Waals surface area contributed by atoms with Crippen LogP contribution in [0.2, 0.25) is 0 Å². The van der Waals surface area contributed by atoms with Crippen LogP contribution in [0, 0.1) is 11.8 Å². The molecule has 1 aromatic rings. The quantitative estimate of drug-likeness (QED) is 0.714. The van der Waals surface area contributed by atoms with E-state index in [9.17, 15) is 18.0 Å². The van der Waals surface area contributed by atoms with Crippen LogP contribution in [0.15, 0.2) is 23.1 Å². The van der Waals surface area contributed by atoms with Crippen molar-refractivity contribution in [3.63, 3.8) is 0 Å². The van der Waals surface area contributed by atoms with Crippen LogP contribution in [-0.4, -0.2) is 61.7 Å². The molecule has 0 N–H and O–H groups in total. The predicted octanol–water partition coefficient (Wildman–Crippen LogP) is 2.64. The highest BCUT2D eigenvalue weighted by molar-refractivity contribution is 7.89. The first kappa shape index (κ1) is 22.3. The number of amides is 2. The molecule has 3 heterocycles. The summed E-state index contributed by atoms with van der Waals surface area (Å²) in [6, 6.07) is 5.07. The van der Waals surface area contributed by atoms with E-state index in [1.807, 2.05) is 11.8 Å². The molecule has 0 aliphatic carbocycles. The molecule has 170 valence electrons. The van der Waals surface area contributed by atoms with Crippen LogP contribution >= 0.6 is 0 Å². The molecule has 0 spiro atoms. The van der Waals surface area contributed by atoms with Gasteiger partial charge in [-0.1, -0.05) is 6.92 Å². The average Bonchev–Trinajstić information content (AvgIpc) is 3.09. The molecule has 2 atom stereocenters. The normalized spacial score (nSPS) is 25.5. The first-order valence-electron chi connectivity index (χ1n) is 11.4. The number of nitrogens with zero attached hydrogens (tertiary/aromatic N) is 3. The van der Waals surface area contributed by atoms with Crippen LogP contribution < -0.4 is 4.90 Å². The van der Waals surface area contributed by atoms with Crippen molar-refractivity contribution in [3.8, 4) is 0 Å². The average molecular weight is 448 g/mol. The monoisotopic (exact) mass is 447 g/mol. The predicted molar refractivity (Wildman–Crippen MR) is 119 cm³/mol. The van der Waals surface area contributed by atoms with Crippen LogP contribution in [-0.2, 0) is 26.0 Å². The van der Waals surface area contributed by atoms with Crippen LogP contribution in [0.25, 0.3) is 0 Å². The van der Waals surface area contributed by atoms with E-state index in [2.05, 4.69) is 6.92 Å². The SMILES string of the molecule is CC(=O)N1c2ccc(S(=O)(=O)N3CCC[C@H](C(=O)N4CCC(C)CC4)C3)cc2C[C@H]1C. The van der Waals surface area contributed by atoms with Gasteiger partial charge in [-0.25, -0.2) is 8.42 Å². The number of rotatable bonds is 3. The van der Waals surface area contributed by atoms with E-state index in [1.54, 1.807) is 23.1 Å². The van der Waals surface area contributed by atoms with E-state index >= 15 is 0 Å². The molecule has 2 saturated heterocycles. The summed E-state index contributed by atoms with van der Waals surface area (Å²) in [5.41, 5.74) is 1.68. The highest BCUT2D eigenvalue weighted by atomic mass is 32.2. The van der Waals surface area contributed by atoms with Crippen molar-refractivity contribution in [1.82, 2.24) is 9.21 Å². The fourth-order valence-corrected chi connectivity index (χ4v) is 6.82. The van der Waals surface area contributed by atoms with Gasteiger partial charge in [0, 0.05) is 44.8 Å². The number of benzene rings is 1. The van der Waals surface area contributed by atoms with Gasteiger partial charge in [-0.2, -0.15) is 4.31 Å². The summed E-state index contributed by atoms with van der Waals surface area (Å²) in [4.78, 5) is 28.9. The van der Waals surface area contributed by atoms with Crippen LogP contribution in [0.5, 0.6) is 0 Å². The van der Waals surface area contributed by atoms with Crippen molar-refractivity contribution in [3.05, 3.63) is 23.8 Å². The van der Waals surface area contributed by atoms with Gasteiger partial charge in [-0.15, -0.1) is 0 Å². The Balaban J connectivity index is 1.51. The molecule has 3 aliphatic heterocycles. The number of anilines is 1. The largest absolute Gasteiger partial charge is 0.342 e. The fourth-order valence-electron chi connectivity index (χ4n) is 5.25. The van der Waals surface area contributed by atoms with Crippen molar-refractivity contribution >= 4 is 27.5 Å². The Morgan fingerprint density at radius 2 is 1.74 bits per heavy atom. The smallest absolute Gasteiger partial charge is 0.243 e. The molecule has 0 radical (unpaired) electrons. The number of fused-ring (bicyclic) bond motifs is 1. The summed E-state index contributed by atoms with van der Waals surface area (Å²) in [5.74, 6) is 0.450. The summed E-state index contributed by atoms with van der Waals surface area (Å²) < 4.78 is 28.3. The Bertz CT molecular complexity index is 969. The van der Waals surface area contributed by atoms with Crippen molar-refractivity contribution in [2.75, 3.05) is 31.1 Å². The molecule has 2 amide bonds. The lowest BCUT2D eigenvalue weighted by Crippen LogP contribution is -2.48. The second-order valence-electron chi connectivity index (χ2n) is 9.44. The van der Waals surface area contributed by atoms with Gasteiger partial charge in [0.2, 0.25) is 21.8 Å². The molecule has 0 bridgehead atoms.